The van der Waals surface area contributed by atoms with Gasteiger partial charge in [-0.1, -0.05) is 6.92 Å². The third-order valence-corrected chi connectivity index (χ3v) is 4.87. The molecule has 21 heavy (non-hydrogen) atoms. The van der Waals surface area contributed by atoms with Crippen molar-refractivity contribution in [1.82, 2.24) is 0 Å². The summed E-state index contributed by atoms with van der Waals surface area (Å²) in [7, 11) is 0. The summed E-state index contributed by atoms with van der Waals surface area (Å²) in [6.45, 7) is 2.29. The first-order valence-corrected chi connectivity index (χ1v) is 7.50. The fourth-order valence-electron chi connectivity index (χ4n) is 2.62. The van der Waals surface area contributed by atoms with Crippen LogP contribution in [-0.2, 0) is 4.79 Å². The van der Waals surface area contributed by atoms with E-state index in [0.717, 1.165) is 6.07 Å². The molecule has 0 aliphatic carbocycles. The van der Waals surface area contributed by atoms with Gasteiger partial charge in [-0.15, -0.1) is 0 Å². The number of carboxylic acids is 1. The number of carboxylic acid groups (broad SMARTS) is 1. The summed E-state index contributed by atoms with van der Waals surface area (Å²) in [6, 6.07) is 2.30. The molecule has 1 unspecified atom stereocenters. The molecular weight excluding hydrogens is 394 g/mol. The van der Waals surface area contributed by atoms with Crippen LogP contribution in [0.3, 0.4) is 0 Å². The highest BCUT2D eigenvalue weighted by atomic mass is 127. The molecule has 1 aromatic carbocycles. The van der Waals surface area contributed by atoms with E-state index in [1.54, 1.807) is 34.4 Å². The predicted molar refractivity (Wildman–Crippen MR) is 83.0 cm³/mol. The topological polar surface area (TPSA) is 83.7 Å². The van der Waals surface area contributed by atoms with Crippen molar-refractivity contribution in [2.24, 2.45) is 5.41 Å². The Morgan fingerprint density at radius 1 is 1.62 bits per heavy atom. The third-order valence-electron chi connectivity index (χ3n) is 4.04. The van der Waals surface area contributed by atoms with E-state index in [-0.39, 0.29) is 21.5 Å². The average Bonchev–Trinajstić information content (AvgIpc) is 2.86. The molecule has 1 heterocycles. The summed E-state index contributed by atoms with van der Waals surface area (Å²) in [5.41, 5.74) is -0.972. The van der Waals surface area contributed by atoms with E-state index >= 15 is 0 Å². The fourth-order valence-corrected chi connectivity index (χ4v) is 3.07. The van der Waals surface area contributed by atoms with Gasteiger partial charge in [0.15, 0.2) is 0 Å². The highest BCUT2D eigenvalue weighted by Crippen LogP contribution is 2.40. The van der Waals surface area contributed by atoms with Crippen LogP contribution in [0.2, 0.25) is 0 Å². The van der Waals surface area contributed by atoms with E-state index in [1.807, 2.05) is 0 Å². The number of aliphatic carboxylic acids is 1. The van der Waals surface area contributed by atoms with E-state index in [9.17, 15) is 24.4 Å². The van der Waals surface area contributed by atoms with Crippen LogP contribution in [0.1, 0.15) is 19.8 Å². The van der Waals surface area contributed by atoms with Gasteiger partial charge in [-0.3, -0.25) is 14.9 Å². The minimum atomic E-state index is -0.923. The maximum atomic E-state index is 13.7. The number of nitro groups is 1. The quantitative estimate of drug-likeness (QED) is 0.471. The van der Waals surface area contributed by atoms with Gasteiger partial charge in [0, 0.05) is 25.2 Å². The van der Waals surface area contributed by atoms with Crippen LogP contribution >= 0.6 is 22.6 Å². The third kappa shape index (κ3) is 2.81. The summed E-state index contributed by atoms with van der Waals surface area (Å²) >= 11 is 1.70. The van der Waals surface area contributed by atoms with Crippen molar-refractivity contribution in [3.8, 4) is 0 Å². The van der Waals surface area contributed by atoms with Crippen molar-refractivity contribution in [1.29, 1.82) is 0 Å². The minimum Gasteiger partial charge on any atom is -0.481 e. The molecule has 1 atom stereocenters. The lowest BCUT2D eigenvalue weighted by molar-refractivity contribution is -0.384. The van der Waals surface area contributed by atoms with E-state index in [0.29, 0.717) is 19.4 Å². The number of anilines is 1. The van der Waals surface area contributed by atoms with Crippen LogP contribution in [0.4, 0.5) is 15.8 Å². The van der Waals surface area contributed by atoms with Crippen LogP contribution in [0.5, 0.6) is 0 Å². The molecule has 0 aromatic heterocycles. The summed E-state index contributed by atoms with van der Waals surface area (Å²) < 4.78 is 13.9. The number of hydrogen-bond donors (Lipinski definition) is 1. The molecule has 114 valence electrons. The van der Waals surface area contributed by atoms with Crippen molar-refractivity contribution < 1.29 is 19.2 Å². The molecule has 6 nitrogen and oxygen atoms in total. The van der Waals surface area contributed by atoms with Gasteiger partial charge in [0.1, 0.15) is 11.5 Å². The van der Waals surface area contributed by atoms with Crippen molar-refractivity contribution in [3.05, 3.63) is 31.6 Å². The molecule has 0 bridgehead atoms. The molecule has 1 saturated heterocycles. The SMILES string of the molecule is CCC1(C(=O)O)CCN(c2cc(F)c(I)cc2[N+](=O)[O-])C1. The van der Waals surface area contributed by atoms with Gasteiger partial charge in [0.25, 0.3) is 5.69 Å². The first kappa shape index (κ1) is 15.9. The number of nitro benzene ring substituents is 1. The predicted octanol–water partition coefficient (Wildman–Crippen LogP) is 3.03. The molecule has 1 fully saturated rings. The van der Waals surface area contributed by atoms with Gasteiger partial charge in [-0.25, -0.2) is 4.39 Å². The lowest BCUT2D eigenvalue weighted by Gasteiger charge is -2.24. The van der Waals surface area contributed by atoms with Gasteiger partial charge in [0.05, 0.1) is 13.9 Å². The zero-order chi connectivity index (χ0) is 15.8. The van der Waals surface area contributed by atoms with Gasteiger partial charge < -0.3 is 10.0 Å². The molecule has 0 amide bonds. The lowest BCUT2D eigenvalue weighted by atomic mass is 9.84. The second-order valence-electron chi connectivity index (χ2n) is 5.12. The van der Waals surface area contributed by atoms with Gasteiger partial charge in [0.2, 0.25) is 0 Å². The standard InChI is InChI=1S/C13H14FIN2O4/c1-2-13(12(18)19)3-4-16(7-13)10-5-8(14)9(15)6-11(10)17(20)21/h5-6H,2-4,7H2,1H3,(H,18,19). The zero-order valence-corrected chi connectivity index (χ0v) is 13.5. The molecular formula is C13H14FIN2O4. The second kappa shape index (κ2) is 5.74. The van der Waals surface area contributed by atoms with Crippen molar-refractivity contribution in [2.45, 2.75) is 19.8 Å². The number of halogens is 2. The Morgan fingerprint density at radius 3 is 2.76 bits per heavy atom. The van der Waals surface area contributed by atoms with E-state index in [4.69, 9.17) is 0 Å². The Kier molecular flexibility index (Phi) is 4.35. The van der Waals surface area contributed by atoms with Gasteiger partial charge in [-0.2, -0.15) is 0 Å². The lowest BCUT2D eigenvalue weighted by Crippen LogP contribution is -2.34. The van der Waals surface area contributed by atoms with Crippen molar-refractivity contribution >= 4 is 39.9 Å². The van der Waals surface area contributed by atoms with Crippen LogP contribution < -0.4 is 4.90 Å². The first-order valence-electron chi connectivity index (χ1n) is 6.42. The monoisotopic (exact) mass is 408 g/mol. The maximum Gasteiger partial charge on any atom is 0.311 e. The second-order valence-corrected chi connectivity index (χ2v) is 6.28. The normalized spacial score (nSPS) is 21.6. The molecule has 2 rings (SSSR count). The molecule has 1 aromatic rings. The Labute approximate surface area is 134 Å². The van der Waals surface area contributed by atoms with Crippen LogP contribution in [-0.4, -0.2) is 29.1 Å². The molecule has 0 radical (unpaired) electrons. The molecule has 1 aliphatic heterocycles. The number of carbonyl (C=O) groups is 1. The number of benzene rings is 1. The largest absolute Gasteiger partial charge is 0.481 e. The van der Waals surface area contributed by atoms with E-state index < -0.39 is 22.1 Å². The van der Waals surface area contributed by atoms with Crippen LogP contribution in [0.25, 0.3) is 0 Å². The molecule has 1 aliphatic rings. The molecule has 1 N–H and O–H groups in total. The first-order chi connectivity index (χ1) is 9.80. The number of hydrogen-bond acceptors (Lipinski definition) is 4. The highest BCUT2D eigenvalue weighted by Gasteiger charge is 2.44. The molecule has 0 saturated carbocycles. The smallest absolute Gasteiger partial charge is 0.311 e. The number of nitrogens with zero attached hydrogens (tertiary/aromatic N) is 2. The van der Waals surface area contributed by atoms with Crippen molar-refractivity contribution in [3.63, 3.8) is 0 Å². The number of rotatable bonds is 4. The van der Waals surface area contributed by atoms with Crippen LogP contribution in [0.15, 0.2) is 12.1 Å². The molecule has 8 heteroatoms. The highest BCUT2D eigenvalue weighted by molar-refractivity contribution is 14.1. The van der Waals surface area contributed by atoms with Crippen molar-refractivity contribution in [2.75, 3.05) is 18.0 Å². The zero-order valence-electron chi connectivity index (χ0n) is 11.3. The Hall–Kier alpha value is -1.45. The summed E-state index contributed by atoms with van der Waals surface area (Å²) in [4.78, 5) is 23.6. The molecule has 0 spiro atoms. The summed E-state index contributed by atoms with van der Waals surface area (Å²) in [5.74, 6) is -1.46. The summed E-state index contributed by atoms with van der Waals surface area (Å²) in [5, 5.41) is 20.5. The maximum absolute atomic E-state index is 13.7. The Morgan fingerprint density at radius 2 is 2.29 bits per heavy atom. The average molecular weight is 408 g/mol. The summed E-state index contributed by atoms with van der Waals surface area (Å²) in [6.07, 6.45) is 0.822. The fraction of sp³-hybridized carbons (Fsp3) is 0.462. The Bertz CT molecular complexity index is 610. The van der Waals surface area contributed by atoms with Crippen LogP contribution in [0, 0.1) is 24.9 Å². The van der Waals surface area contributed by atoms with E-state index in [1.165, 1.54) is 6.07 Å². The van der Waals surface area contributed by atoms with Gasteiger partial charge >= 0.3 is 5.97 Å². The minimum absolute atomic E-state index is 0.148. The Balaban J connectivity index is 2.42. The van der Waals surface area contributed by atoms with Gasteiger partial charge in [-0.05, 0) is 35.4 Å². The van der Waals surface area contributed by atoms with E-state index in [2.05, 4.69) is 0 Å².